The lowest BCUT2D eigenvalue weighted by atomic mass is 10.0. The fraction of sp³-hybridized carbons (Fsp3) is 0.600. The largest absolute Gasteiger partial charge is 0.419 e. The standard InChI is InChI=1S/C25H37NO4/c1-4-5-6-7-8-9-10-11-12-13-14-20-15-17-21(18-16-20)26-19-22-23(27)29-25(2,3)30-24(22)28/h15-19,26H,4-14H2,1-3H3. The number of hydrogen-bond acceptors (Lipinski definition) is 5. The fourth-order valence-corrected chi connectivity index (χ4v) is 3.52. The number of rotatable bonds is 13. The molecule has 1 N–H and O–H groups in total. The highest BCUT2D eigenvalue weighted by molar-refractivity contribution is 6.15. The van der Waals surface area contributed by atoms with E-state index >= 15 is 0 Å². The molecule has 0 bridgehead atoms. The van der Waals surface area contributed by atoms with Crippen LogP contribution in [-0.4, -0.2) is 17.7 Å². The minimum Gasteiger partial charge on any atom is -0.419 e. The van der Waals surface area contributed by atoms with Crippen LogP contribution in [-0.2, 0) is 25.5 Å². The molecule has 0 radical (unpaired) electrons. The number of ether oxygens (including phenoxy) is 2. The number of benzene rings is 1. The number of anilines is 1. The van der Waals surface area contributed by atoms with Gasteiger partial charge in [-0.25, -0.2) is 9.59 Å². The van der Waals surface area contributed by atoms with E-state index in [0.717, 1.165) is 12.1 Å². The van der Waals surface area contributed by atoms with Crippen LogP contribution in [0.4, 0.5) is 5.69 Å². The predicted octanol–water partition coefficient (Wildman–Crippen LogP) is 6.28. The first-order chi connectivity index (χ1) is 14.4. The summed E-state index contributed by atoms with van der Waals surface area (Å²) in [7, 11) is 0. The van der Waals surface area contributed by atoms with E-state index in [9.17, 15) is 9.59 Å². The molecule has 1 heterocycles. The third kappa shape index (κ3) is 8.60. The van der Waals surface area contributed by atoms with Gasteiger partial charge in [0.05, 0.1) is 0 Å². The molecule has 2 rings (SSSR count). The Morgan fingerprint density at radius 1 is 0.800 bits per heavy atom. The second-order valence-electron chi connectivity index (χ2n) is 8.51. The lowest BCUT2D eigenvalue weighted by Crippen LogP contribution is -2.42. The molecule has 0 aliphatic carbocycles. The highest BCUT2D eigenvalue weighted by Gasteiger charge is 2.38. The second-order valence-corrected chi connectivity index (χ2v) is 8.51. The van der Waals surface area contributed by atoms with Crippen molar-refractivity contribution >= 4 is 17.6 Å². The van der Waals surface area contributed by atoms with E-state index < -0.39 is 17.7 Å². The van der Waals surface area contributed by atoms with Gasteiger partial charge in [-0.3, -0.25) is 0 Å². The maximum Gasteiger partial charge on any atom is 0.350 e. The lowest BCUT2D eigenvalue weighted by Gasteiger charge is -2.29. The van der Waals surface area contributed by atoms with Crippen molar-refractivity contribution in [3.63, 3.8) is 0 Å². The molecule has 1 saturated heterocycles. The van der Waals surface area contributed by atoms with Crippen LogP contribution in [0.5, 0.6) is 0 Å². The number of aryl methyl sites for hydroxylation is 1. The van der Waals surface area contributed by atoms with Gasteiger partial charge in [-0.05, 0) is 30.5 Å². The van der Waals surface area contributed by atoms with E-state index in [1.165, 1.54) is 89.8 Å². The lowest BCUT2D eigenvalue weighted by molar-refractivity contribution is -0.222. The molecule has 5 nitrogen and oxygen atoms in total. The molecule has 0 atom stereocenters. The molecule has 1 aliphatic rings. The molecule has 30 heavy (non-hydrogen) atoms. The van der Waals surface area contributed by atoms with E-state index in [-0.39, 0.29) is 5.57 Å². The summed E-state index contributed by atoms with van der Waals surface area (Å²) < 4.78 is 10.2. The average molecular weight is 416 g/mol. The molecule has 0 spiro atoms. The average Bonchev–Trinajstić information content (AvgIpc) is 2.69. The van der Waals surface area contributed by atoms with Crippen molar-refractivity contribution in [3.05, 3.63) is 41.6 Å². The number of hydrogen-bond donors (Lipinski definition) is 1. The summed E-state index contributed by atoms with van der Waals surface area (Å²) in [4.78, 5) is 23.9. The second kappa shape index (κ2) is 12.4. The van der Waals surface area contributed by atoms with Crippen molar-refractivity contribution in [2.45, 2.75) is 97.2 Å². The molecular weight excluding hydrogens is 378 g/mol. The van der Waals surface area contributed by atoms with Gasteiger partial charge in [-0.1, -0.05) is 76.8 Å². The number of carbonyl (C=O) groups excluding carboxylic acids is 2. The Morgan fingerprint density at radius 2 is 1.30 bits per heavy atom. The van der Waals surface area contributed by atoms with Gasteiger partial charge in [-0.2, -0.15) is 0 Å². The Balaban J connectivity index is 1.64. The van der Waals surface area contributed by atoms with Crippen LogP contribution in [0.3, 0.4) is 0 Å². The molecule has 0 amide bonds. The first-order valence-corrected chi connectivity index (χ1v) is 11.4. The SMILES string of the molecule is CCCCCCCCCCCCc1ccc(NC=C2C(=O)OC(C)(C)OC2=O)cc1. The van der Waals surface area contributed by atoms with Crippen molar-refractivity contribution in [2.75, 3.05) is 5.32 Å². The first kappa shape index (κ1) is 24.0. The van der Waals surface area contributed by atoms with Crippen molar-refractivity contribution in [1.82, 2.24) is 0 Å². The molecule has 1 aromatic rings. The topological polar surface area (TPSA) is 64.6 Å². The van der Waals surface area contributed by atoms with E-state index in [1.54, 1.807) is 0 Å². The smallest absolute Gasteiger partial charge is 0.350 e. The zero-order valence-electron chi connectivity index (χ0n) is 18.8. The Hall–Kier alpha value is -2.30. The summed E-state index contributed by atoms with van der Waals surface area (Å²) in [5.74, 6) is -2.58. The van der Waals surface area contributed by atoms with Crippen LogP contribution < -0.4 is 5.32 Å². The van der Waals surface area contributed by atoms with Crippen LogP contribution in [0.15, 0.2) is 36.0 Å². The van der Waals surface area contributed by atoms with Crippen molar-refractivity contribution in [2.24, 2.45) is 0 Å². The molecule has 0 unspecified atom stereocenters. The highest BCUT2D eigenvalue weighted by atomic mass is 16.7. The number of esters is 2. The number of unbranched alkanes of at least 4 members (excludes halogenated alkanes) is 9. The van der Waals surface area contributed by atoms with Crippen LogP contribution >= 0.6 is 0 Å². The minimum atomic E-state index is -1.22. The Kier molecular flexibility index (Phi) is 9.92. The van der Waals surface area contributed by atoms with Crippen LogP contribution in [0.1, 0.15) is 90.5 Å². The quantitative estimate of drug-likeness (QED) is 0.178. The fourth-order valence-electron chi connectivity index (χ4n) is 3.52. The molecular formula is C25H37NO4. The summed E-state index contributed by atoms with van der Waals surface area (Å²) in [6, 6.07) is 8.06. The van der Waals surface area contributed by atoms with Crippen LogP contribution in [0.2, 0.25) is 0 Å². The molecule has 1 aliphatic heterocycles. The third-order valence-corrected chi connectivity index (χ3v) is 5.27. The van der Waals surface area contributed by atoms with Crippen LogP contribution in [0.25, 0.3) is 0 Å². The highest BCUT2D eigenvalue weighted by Crippen LogP contribution is 2.23. The summed E-state index contributed by atoms with van der Waals surface area (Å²) in [5.41, 5.74) is 1.97. The van der Waals surface area contributed by atoms with Gasteiger partial charge in [0.15, 0.2) is 5.57 Å². The summed E-state index contributed by atoms with van der Waals surface area (Å²) >= 11 is 0. The van der Waals surface area contributed by atoms with E-state index in [1.807, 2.05) is 12.1 Å². The molecule has 0 saturated carbocycles. The van der Waals surface area contributed by atoms with Gasteiger partial charge in [0.2, 0.25) is 0 Å². The Labute approximate surface area is 181 Å². The minimum absolute atomic E-state index is 0.135. The van der Waals surface area contributed by atoms with Crippen molar-refractivity contribution < 1.29 is 19.1 Å². The molecule has 1 fully saturated rings. The summed E-state index contributed by atoms with van der Waals surface area (Å²) in [6.45, 7) is 5.32. The van der Waals surface area contributed by atoms with Gasteiger partial charge < -0.3 is 14.8 Å². The van der Waals surface area contributed by atoms with Gasteiger partial charge in [-0.15, -0.1) is 0 Å². The zero-order valence-corrected chi connectivity index (χ0v) is 18.8. The third-order valence-electron chi connectivity index (χ3n) is 5.27. The summed E-state index contributed by atoms with van der Waals surface area (Å²) in [5, 5.41) is 2.97. The van der Waals surface area contributed by atoms with Crippen molar-refractivity contribution in [1.29, 1.82) is 0 Å². The summed E-state index contributed by atoms with van der Waals surface area (Å²) in [6.07, 6.45) is 15.8. The van der Waals surface area contributed by atoms with Gasteiger partial charge in [0.25, 0.3) is 5.79 Å². The van der Waals surface area contributed by atoms with E-state index in [0.29, 0.717) is 0 Å². The van der Waals surface area contributed by atoms with E-state index in [4.69, 9.17) is 9.47 Å². The molecule has 166 valence electrons. The van der Waals surface area contributed by atoms with Gasteiger partial charge in [0.1, 0.15) is 0 Å². The van der Waals surface area contributed by atoms with E-state index in [2.05, 4.69) is 24.4 Å². The maximum absolute atomic E-state index is 11.9. The Bertz CT molecular complexity index is 684. The molecule has 1 aromatic carbocycles. The van der Waals surface area contributed by atoms with Crippen LogP contribution in [0, 0.1) is 0 Å². The van der Waals surface area contributed by atoms with Crippen molar-refractivity contribution in [3.8, 4) is 0 Å². The zero-order chi connectivity index (χ0) is 21.8. The molecule has 5 heteroatoms. The monoisotopic (exact) mass is 415 g/mol. The maximum atomic E-state index is 11.9. The predicted molar refractivity (Wildman–Crippen MR) is 120 cm³/mol. The number of carbonyl (C=O) groups is 2. The Morgan fingerprint density at radius 3 is 1.83 bits per heavy atom. The van der Waals surface area contributed by atoms with Gasteiger partial charge in [0, 0.05) is 25.7 Å². The number of cyclic esters (lactones) is 2. The molecule has 0 aromatic heterocycles. The normalized spacial score (nSPS) is 15.5. The first-order valence-electron chi connectivity index (χ1n) is 11.4. The van der Waals surface area contributed by atoms with Gasteiger partial charge >= 0.3 is 11.9 Å². The number of nitrogens with one attached hydrogen (secondary N) is 1.